The van der Waals surface area contributed by atoms with Gasteiger partial charge in [0.15, 0.2) is 0 Å². The van der Waals surface area contributed by atoms with Gasteiger partial charge in [0.2, 0.25) is 5.82 Å². The maximum Gasteiger partial charge on any atom is 0.329 e. The first-order chi connectivity index (χ1) is 16.3. The Kier molecular flexibility index (Phi) is 6.50. The van der Waals surface area contributed by atoms with Crippen molar-refractivity contribution in [2.45, 2.75) is 30.7 Å². The predicted octanol–water partition coefficient (Wildman–Crippen LogP) is 3.98. The van der Waals surface area contributed by atoms with Gasteiger partial charge in [-0.3, -0.25) is 14.4 Å². The smallest absolute Gasteiger partial charge is 0.329 e. The molecule has 1 N–H and O–H groups in total. The standard InChI is InChI=1S/C22H23N5O6S/c1-3-32-17-10-12-19(13-11-17)34(30,31)26(2)16-6-8-18(9-7-16)33-22-23-14-20(27(28)29)21(25-22)24-15-4-5-15/h6-15H,3-5H2,1-2H3,(H,23,24,25). The van der Waals surface area contributed by atoms with Crippen LogP contribution in [-0.4, -0.2) is 43.0 Å². The molecule has 2 aromatic carbocycles. The lowest BCUT2D eigenvalue weighted by atomic mass is 10.3. The molecule has 1 fully saturated rings. The average Bonchev–Trinajstić information content (AvgIpc) is 3.64. The Morgan fingerprint density at radius 2 is 1.76 bits per heavy atom. The maximum atomic E-state index is 13.0. The second-order valence-electron chi connectivity index (χ2n) is 7.54. The molecule has 0 saturated heterocycles. The first-order valence-electron chi connectivity index (χ1n) is 10.6. The van der Waals surface area contributed by atoms with Crippen LogP contribution in [0.5, 0.6) is 17.5 Å². The van der Waals surface area contributed by atoms with Gasteiger partial charge in [-0.2, -0.15) is 9.97 Å². The highest BCUT2D eigenvalue weighted by molar-refractivity contribution is 7.92. The van der Waals surface area contributed by atoms with Crippen LogP contribution in [0.15, 0.2) is 59.6 Å². The van der Waals surface area contributed by atoms with Gasteiger partial charge in [0.05, 0.1) is 22.1 Å². The summed E-state index contributed by atoms with van der Waals surface area (Å²) >= 11 is 0. The second-order valence-corrected chi connectivity index (χ2v) is 9.50. The average molecular weight is 486 g/mol. The van der Waals surface area contributed by atoms with Crippen LogP contribution in [0.25, 0.3) is 0 Å². The maximum absolute atomic E-state index is 13.0. The molecule has 0 amide bonds. The molecule has 1 heterocycles. The Balaban J connectivity index is 1.49. The number of nitro groups is 1. The second kappa shape index (κ2) is 9.51. The minimum Gasteiger partial charge on any atom is -0.494 e. The molecule has 1 aromatic heterocycles. The number of rotatable bonds is 10. The molecule has 4 rings (SSSR count). The fraction of sp³-hybridized carbons (Fsp3) is 0.273. The number of hydrogen-bond acceptors (Lipinski definition) is 9. The van der Waals surface area contributed by atoms with Gasteiger partial charge in [-0.05, 0) is 68.3 Å². The van der Waals surface area contributed by atoms with E-state index in [0.717, 1.165) is 23.3 Å². The van der Waals surface area contributed by atoms with Crippen molar-refractivity contribution >= 4 is 27.2 Å². The van der Waals surface area contributed by atoms with Crippen LogP contribution in [0.2, 0.25) is 0 Å². The van der Waals surface area contributed by atoms with Gasteiger partial charge >= 0.3 is 11.7 Å². The van der Waals surface area contributed by atoms with E-state index in [4.69, 9.17) is 9.47 Å². The first-order valence-corrected chi connectivity index (χ1v) is 12.0. The van der Waals surface area contributed by atoms with Gasteiger partial charge in [-0.15, -0.1) is 0 Å². The topological polar surface area (TPSA) is 137 Å². The Labute approximate surface area is 196 Å². The van der Waals surface area contributed by atoms with Gasteiger partial charge in [0, 0.05) is 13.1 Å². The highest BCUT2D eigenvalue weighted by Crippen LogP contribution is 2.31. The van der Waals surface area contributed by atoms with Crippen LogP contribution in [0.1, 0.15) is 19.8 Å². The molecule has 0 aliphatic heterocycles. The van der Waals surface area contributed by atoms with Crippen molar-refractivity contribution in [3.8, 4) is 17.5 Å². The summed E-state index contributed by atoms with van der Waals surface area (Å²) in [7, 11) is -2.32. The monoisotopic (exact) mass is 485 g/mol. The molecule has 0 radical (unpaired) electrons. The third-order valence-electron chi connectivity index (χ3n) is 5.06. The van der Waals surface area contributed by atoms with Crippen LogP contribution < -0.4 is 19.1 Å². The minimum atomic E-state index is -3.78. The SMILES string of the molecule is CCOc1ccc(S(=O)(=O)N(C)c2ccc(Oc3ncc([N+](=O)[O-])c(NC4CC4)n3)cc2)cc1. The number of nitrogens with one attached hydrogen (secondary N) is 1. The molecule has 34 heavy (non-hydrogen) atoms. The van der Waals surface area contributed by atoms with E-state index in [2.05, 4.69) is 15.3 Å². The number of benzene rings is 2. The van der Waals surface area contributed by atoms with E-state index in [9.17, 15) is 18.5 Å². The highest BCUT2D eigenvalue weighted by Gasteiger charge is 2.27. The zero-order valence-electron chi connectivity index (χ0n) is 18.5. The lowest BCUT2D eigenvalue weighted by molar-refractivity contribution is -0.384. The van der Waals surface area contributed by atoms with Gasteiger partial charge in [0.1, 0.15) is 17.7 Å². The number of sulfonamides is 1. The summed E-state index contributed by atoms with van der Waals surface area (Å²) in [5.41, 5.74) is 0.192. The Morgan fingerprint density at radius 3 is 2.35 bits per heavy atom. The van der Waals surface area contributed by atoms with E-state index in [0.29, 0.717) is 23.8 Å². The van der Waals surface area contributed by atoms with E-state index < -0.39 is 14.9 Å². The molecular weight excluding hydrogens is 462 g/mol. The molecule has 0 unspecified atom stereocenters. The Bertz CT molecular complexity index is 1280. The summed E-state index contributed by atoms with van der Waals surface area (Å²) in [5.74, 6) is 1.05. The molecule has 0 spiro atoms. The van der Waals surface area contributed by atoms with Crippen molar-refractivity contribution in [2.24, 2.45) is 0 Å². The van der Waals surface area contributed by atoms with Crippen molar-refractivity contribution in [2.75, 3.05) is 23.3 Å². The van der Waals surface area contributed by atoms with Gasteiger partial charge in [-0.25, -0.2) is 8.42 Å². The predicted molar refractivity (Wildman–Crippen MR) is 125 cm³/mol. The Hall–Kier alpha value is -3.93. The number of ether oxygens (including phenoxy) is 2. The van der Waals surface area contributed by atoms with E-state index >= 15 is 0 Å². The summed E-state index contributed by atoms with van der Waals surface area (Å²) in [6.07, 6.45) is 2.94. The normalized spacial score (nSPS) is 13.2. The van der Waals surface area contributed by atoms with Gasteiger partial charge in [-0.1, -0.05) is 0 Å². The van der Waals surface area contributed by atoms with Gasteiger partial charge in [0.25, 0.3) is 10.0 Å². The molecule has 3 aromatic rings. The largest absolute Gasteiger partial charge is 0.494 e. The zero-order chi connectivity index (χ0) is 24.3. The third-order valence-corrected chi connectivity index (χ3v) is 6.86. The summed E-state index contributed by atoms with van der Waals surface area (Å²) in [6, 6.07) is 12.6. The van der Waals surface area contributed by atoms with E-state index in [-0.39, 0.29) is 28.5 Å². The Morgan fingerprint density at radius 1 is 1.12 bits per heavy atom. The molecular formula is C22H23N5O6S. The summed E-state index contributed by atoms with van der Waals surface area (Å²) in [5, 5.41) is 14.2. The zero-order valence-corrected chi connectivity index (χ0v) is 19.4. The van der Waals surface area contributed by atoms with Crippen LogP contribution in [0.4, 0.5) is 17.2 Å². The van der Waals surface area contributed by atoms with E-state index in [1.54, 1.807) is 36.4 Å². The number of hydrogen-bond donors (Lipinski definition) is 1. The third kappa shape index (κ3) is 5.17. The van der Waals surface area contributed by atoms with E-state index in [1.807, 2.05) is 6.92 Å². The molecule has 11 nitrogen and oxygen atoms in total. The lowest BCUT2D eigenvalue weighted by Crippen LogP contribution is -2.26. The lowest BCUT2D eigenvalue weighted by Gasteiger charge is -2.20. The van der Waals surface area contributed by atoms with Crippen molar-refractivity contribution in [3.63, 3.8) is 0 Å². The molecule has 1 aliphatic carbocycles. The summed E-state index contributed by atoms with van der Waals surface area (Å²) in [6.45, 7) is 2.34. The molecule has 0 atom stereocenters. The van der Waals surface area contributed by atoms with Crippen LogP contribution >= 0.6 is 0 Å². The molecule has 12 heteroatoms. The summed E-state index contributed by atoms with van der Waals surface area (Å²) in [4.78, 5) is 18.8. The molecule has 178 valence electrons. The van der Waals surface area contributed by atoms with Crippen LogP contribution in [-0.2, 0) is 10.0 Å². The van der Waals surface area contributed by atoms with Crippen molar-refractivity contribution in [1.29, 1.82) is 0 Å². The van der Waals surface area contributed by atoms with Crippen LogP contribution in [0, 0.1) is 10.1 Å². The number of anilines is 2. The highest BCUT2D eigenvalue weighted by atomic mass is 32.2. The fourth-order valence-electron chi connectivity index (χ4n) is 3.07. The molecule has 1 saturated carbocycles. The quantitative estimate of drug-likeness (QED) is 0.334. The number of nitrogens with zero attached hydrogens (tertiary/aromatic N) is 4. The fourth-order valence-corrected chi connectivity index (χ4v) is 4.27. The van der Waals surface area contributed by atoms with Gasteiger partial charge < -0.3 is 14.8 Å². The van der Waals surface area contributed by atoms with Crippen LogP contribution in [0.3, 0.4) is 0 Å². The van der Waals surface area contributed by atoms with Crippen molar-refractivity contribution < 1.29 is 22.8 Å². The van der Waals surface area contributed by atoms with Crippen molar-refractivity contribution in [1.82, 2.24) is 9.97 Å². The first kappa shape index (κ1) is 23.2. The van der Waals surface area contributed by atoms with Crippen molar-refractivity contribution in [3.05, 3.63) is 64.8 Å². The molecule has 1 aliphatic rings. The summed E-state index contributed by atoms with van der Waals surface area (Å²) < 4.78 is 38.1. The molecule has 0 bridgehead atoms. The minimum absolute atomic E-state index is 0.0585. The van der Waals surface area contributed by atoms with E-state index in [1.165, 1.54) is 19.2 Å². The number of aromatic nitrogens is 2.